The molecule has 0 aliphatic rings. The summed E-state index contributed by atoms with van der Waals surface area (Å²) in [7, 11) is 0. The molecule has 0 bridgehead atoms. The number of carboxylic acids is 2. The standard InChI is InChI=1S/C28H26N2O5.C28H25NO6/c1-19-8-11-26(23(16-19)27-12-13-29-35-27)34-15-5-4-14-33-20-9-10-22-21-6-2-3-7-24(21)30(18-28(31)32)25(22)17-20;1-18(30)26-15-19-7-6-10-25(28(19)35-26)34-14-5-4-13-33-20-11-12-22-21-8-2-3-9-23(21)29(17-27(31)32)24(22)16-20/h2-3,6-13,16-17H,4-5,14-15,18H2,1H3,(H,31,32);2-3,6-12,15-16H,4-5,13-14,17H2,1H3,(H,31,32). The summed E-state index contributed by atoms with van der Waals surface area (Å²) < 4.78 is 38.4. The molecule has 0 atom stereocenters. The highest BCUT2D eigenvalue weighted by atomic mass is 16.5. The van der Waals surface area contributed by atoms with Crippen LogP contribution in [0.3, 0.4) is 0 Å². The van der Waals surface area contributed by atoms with Gasteiger partial charge in [0.05, 0.1) is 49.2 Å². The number of hydrogen-bond donors (Lipinski definition) is 2. The molecule has 0 saturated heterocycles. The molecule has 0 unspecified atom stereocenters. The van der Waals surface area contributed by atoms with E-state index in [1.165, 1.54) is 6.92 Å². The van der Waals surface area contributed by atoms with Crippen LogP contribution in [0.2, 0.25) is 0 Å². The third-order valence-corrected chi connectivity index (χ3v) is 11.9. The fourth-order valence-electron chi connectivity index (χ4n) is 8.64. The second kappa shape index (κ2) is 21.2. The van der Waals surface area contributed by atoms with Crippen molar-refractivity contribution in [2.24, 2.45) is 0 Å². The first-order chi connectivity index (χ1) is 34.1. The van der Waals surface area contributed by atoms with E-state index in [2.05, 4.69) is 5.16 Å². The van der Waals surface area contributed by atoms with Crippen molar-refractivity contribution in [3.8, 4) is 34.3 Å². The smallest absolute Gasteiger partial charge is 0.323 e. The molecule has 6 aromatic carbocycles. The lowest BCUT2D eigenvalue weighted by Crippen LogP contribution is -2.08. The van der Waals surface area contributed by atoms with Crippen molar-refractivity contribution in [1.82, 2.24) is 14.3 Å². The van der Waals surface area contributed by atoms with Gasteiger partial charge in [0.2, 0.25) is 0 Å². The van der Waals surface area contributed by atoms with Gasteiger partial charge in [0.25, 0.3) is 0 Å². The SMILES string of the molecule is CC(=O)c1cc2cccc(OCCCCOc3ccc4c5ccccc5n(CC(=O)O)c4c3)c2o1.Cc1ccc(OCCCCOc2ccc3c4ccccc4n(CC(=O)O)c3c2)c(-c2ccno2)c1. The molecule has 4 aromatic heterocycles. The van der Waals surface area contributed by atoms with Gasteiger partial charge in [-0.1, -0.05) is 65.3 Å². The molecule has 10 aromatic rings. The Hall–Kier alpha value is -8.52. The van der Waals surface area contributed by atoms with E-state index in [0.717, 1.165) is 97.3 Å². The van der Waals surface area contributed by atoms with Crippen LogP contribution in [-0.4, -0.2) is 68.7 Å². The number of rotatable bonds is 20. The Balaban J connectivity index is 0.000000174. The first-order valence-corrected chi connectivity index (χ1v) is 23.1. The summed E-state index contributed by atoms with van der Waals surface area (Å²) in [5, 5.41) is 27.5. The molecule has 0 aliphatic carbocycles. The first-order valence-electron chi connectivity index (χ1n) is 23.1. The molecule has 0 amide bonds. The minimum atomic E-state index is -0.887. The Morgan fingerprint density at radius 2 is 1.10 bits per heavy atom. The van der Waals surface area contributed by atoms with E-state index >= 15 is 0 Å². The Morgan fingerprint density at radius 1 is 0.557 bits per heavy atom. The maximum Gasteiger partial charge on any atom is 0.323 e. The largest absolute Gasteiger partial charge is 0.494 e. The predicted octanol–water partition coefficient (Wildman–Crippen LogP) is 12.1. The number of hydrogen-bond acceptors (Lipinski definition) is 10. The lowest BCUT2D eigenvalue weighted by Gasteiger charge is -2.11. The molecule has 2 N–H and O–H groups in total. The van der Waals surface area contributed by atoms with E-state index in [9.17, 15) is 24.6 Å². The molecule has 0 spiro atoms. The van der Waals surface area contributed by atoms with Gasteiger partial charge in [0, 0.05) is 63.1 Å². The molecule has 356 valence electrons. The molecule has 14 heteroatoms. The van der Waals surface area contributed by atoms with Gasteiger partial charge in [-0.2, -0.15) is 0 Å². The third-order valence-electron chi connectivity index (χ3n) is 11.9. The van der Waals surface area contributed by atoms with Crippen molar-refractivity contribution in [1.29, 1.82) is 0 Å². The van der Waals surface area contributed by atoms with Crippen molar-refractivity contribution >= 4 is 72.3 Å². The monoisotopic (exact) mass is 941 g/mol. The number of carbonyl (C=O) groups excluding carboxylic acids is 1. The summed E-state index contributed by atoms with van der Waals surface area (Å²) in [5.74, 6) is 1.93. The molecule has 14 nitrogen and oxygen atoms in total. The topological polar surface area (TPSA) is 178 Å². The Morgan fingerprint density at radius 3 is 1.64 bits per heavy atom. The summed E-state index contributed by atoms with van der Waals surface area (Å²) in [6.45, 7) is 5.39. The maximum absolute atomic E-state index is 11.6. The maximum atomic E-state index is 11.6. The minimum absolute atomic E-state index is 0.0973. The number of aliphatic carboxylic acids is 2. The fourth-order valence-corrected chi connectivity index (χ4v) is 8.64. The van der Waals surface area contributed by atoms with Gasteiger partial charge in [-0.15, -0.1) is 0 Å². The quantitative estimate of drug-likeness (QED) is 0.0547. The molecular weight excluding hydrogens is 891 g/mol. The van der Waals surface area contributed by atoms with E-state index in [-0.39, 0.29) is 18.9 Å². The Kier molecular flexibility index (Phi) is 14.1. The molecule has 0 radical (unpaired) electrons. The van der Waals surface area contributed by atoms with Crippen LogP contribution in [-0.2, 0) is 22.7 Å². The number of fused-ring (bicyclic) bond motifs is 7. The number of Topliss-reactive ketones (excluding diaryl/α,β-unsaturated/α-hetero) is 1. The Labute approximate surface area is 402 Å². The zero-order valence-corrected chi connectivity index (χ0v) is 38.8. The lowest BCUT2D eigenvalue weighted by molar-refractivity contribution is -0.138. The number of aromatic nitrogens is 3. The van der Waals surface area contributed by atoms with Crippen LogP contribution in [0.4, 0.5) is 0 Å². The highest BCUT2D eigenvalue weighted by Crippen LogP contribution is 2.35. The predicted molar refractivity (Wildman–Crippen MR) is 268 cm³/mol. The number of nitrogens with zero attached hydrogens (tertiary/aromatic N) is 3. The number of ether oxygens (including phenoxy) is 4. The van der Waals surface area contributed by atoms with Crippen molar-refractivity contribution in [2.45, 2.75) is 52.6 Å². The van der Waals surface area contributed by atoms with Gasteiger partial charge >= 0.3 is 11.9 Å². The first kappa shape index (κ1) is 46.6. The molecule has 4 heterocycles. The normalized spacial score (nSPS) is 11.3. The van der Waals surface area contributed by atoms with Gasteiger partial charge in [-0.25, -0.2) is 0 Å². The number of furan rings is 1. The highest BCUT2D eigenvalue weighted by molar-refractivity contribution is 6.10. The van der Waals surface area contributed by atoms with Gasteiger partial charge in [-0.3, -0.25) is 14.4 Å². The molecule has 70 heavy (non-hydrogen) atoms. The molecule has 0 fully saturated rings. The number of unbranched alkanes of at least 4 members (excludes halogenated alkanes) is 2. The fraction of sp³-hybridized carbons (Fsp3) is 0.214. The van der Waals surface area contributed by atoms with Crippen molar-refractivity contribution in [3.63, 3.8) is 0 Å². The lowest BCUT2D eigenvalue weighted by atomic mass is 10.1. The van der Waals surface area contributed by atoms with Crippen molar-refractivity contribution < 1.29 is 52.5 Å². The second-order valence-corrected chi connectivity index (χ2v) is 16.9. The number of para-hydroxylation sites is 3. The molecular formula is C56H51N3O11. The van der Waals surface area contributed by atoms with Crippen molar-refractivity contribution in [2.75, 3.05) is 26.4 Å². The number of benzene rings is 6. The number of carbonyl (C=O) groups is 3. The average molecular weight is 942 g/mol. The van der Waals surface area contributed by atoms with Gasteiger partial charge < -0.3 is 47.2 Å². The minimum Gasteiger partial charge on any atom is -0.494 e. The van der Waals surface area contributed by atoms with E-state index in [1.807, 2.05) is 139 Å². The molecule has 10 rings (SSSR count). The number of ketones is 1. The van der Waals surface area contributed by atoms with Crippen LogP contribution < -0.4 is 18.9 Å². The summed E-state index contributed by atoms with van der Waals surface area (Å²) in [6, 6.07) is 42.4. The summed E-state index contributed by atoms with van der Waals surface area (Å²) in [6.07, 6.45) is 4.82. The van der Waals surface area contributed by atoms with E-state index in [4.69, 9.17) is 27.9 Å². The molecule has 0 saturated carbocycles. The summed E-state index contributed by atoms with van der Waals surface area (Å²) in [5.41, 5.74) is 6.08. The molecule has 0 aliphatic heterocycles. The van der Waals surface area contributed by atoms with Crippen LogP contribution in [0, 0.1) is 6.92 Å². The second-order valence-electron chi connectivity index (χ2n) is 16.9. The number of aryl methyl sites for hydroxylation is 1. The van der Waals surface area contributed by atoms with E-state index in [0.29, 0.717) is 55.0 Å². The summed E-state index contributed by atoms with van der Waals surface area (Å²) >= 11 is 0. The zero-order chi connectivity index (χ0) is 48.6. The van der Waals surface area contributed by atoms with Gasteiger partial charge in [0.1, 0.15) is 30.3 Å². The van der Waals surface area contributed by atoms with Gasteiger partial charge in [0.15, 0.2) is 28.6 Å². The van der Waals surface area contributed by atoms with Crippen LogP contribution in [0.25, 0.3) is 65.9 Å². The summed E-state index contributed by atoms with van der Waals surface area (Å²) in [4.78, 5) is 34.5. The van der Waals surface area contributed by atoms with Crippen molar-refractivity contribution in [3.05, 3.63) is 151 Å². The van der Waals surface area contributed by atoms with Crippen LogP contribution in [0.1, 0.15) is 48.7 Å². The average Bonchev–Trinajstić information content (AvgIpc) is 4.17. The highest BCUT2D eigenvalue weighted by Gasteiger charge is 2.17. The third kappa shape index (κ3) is 10.5. The van der Waals surface area contributed by atoms with Crippen LogP contribution in [0.5, 0.6) is 23.0 Å². The number of carboxylic acid groups (broad SMARTS) is 2. The van der Waals surface area contributed by atoms with Gasteiger partial charge in [-0.05, 0) is 93.3 Å². The zero-order valence-electron chi connectivity index (χ0n) is 38.8. The van der Waals surface area contributed by atoms with Crippen LogP contribution in [0.15, 0.2) is 149 Å². The van der Waals surface area contributed by atoms with Crippen LogP contribution >= 0.6 is 0 Å². The Bertz CT molecular complexity index is 3470. The van der Waals surface area contributed by atoms with E-state index < -0.39 is 11.9 Å². The van der Waals surface area contributed by atoms with E-state index in [1.54, 1.807) is 16.8 Å².